The van der Waals surface area contributed by atoms with Crippen LogP contribution in [-0.2, 0) is 30.5 Å². The maximum Gasteiger partial charge on any atom is 0.433 e. The third-order valence-corrected chi connectivity index (χ3v) is 4.90. The van der Waals surface area contributed by atoms with Crippen LogP contribution in [0.4, 0.5) is 13.2 Å². The zero-order valence-corrected chi connectivity index (χ0v) is 13.5. The maximum absolute atomic E-state index is 13.3. The lowest BCUT2D eigenvalue weighted by atomic mass is 9.91. The molecule has 3 aromatic rings. The van der Waals surface area contributed by atoms with E-state index in [9.17, 15) is 13.2 Å². The van der Waals surface area contributed by atoms with E-state index in [4.69, 9.17) is 4.74 Å². The fourth-order valence-corrected chi connectivity index (χ4v) is 3.75. The van der Waals surface area contributed by atoms with E-state index in [1.807, 2.05) is 18.3 Å². The number of aromatic nitrogens is 3. The Bertz CT molecular complexity index is 1070. The first-order valence-corrected chi connectivity index (χ1v) is 8.20. The van der Waals surface area contributed by atoms with Crippen molar-refractivity contribution in [1.29, 1.82) is 0 Å². The SMILES string of the molecule is FC(F)(F)c1[nH]ncc1-c1nc2ccc3c(c2c2c1COCC2)C=NC3. The summed E-state index contributed by atoms with van der Waals surface area (Å²) in [5.41, 5.74) is 3.84. The van der Waals surface area contributed by atoms with Gasteiger partial charge in [-0.15, -0.1) is 0 Å². The van der Waals surface area contributed by atoms with Gasteiger partial charge in [0, 0.05) is 22.7 Å². The minimum Gasteiger partial charge on any atom is -0.376 e. The van der Waals surface area contributed by atoms with Gasteiger partial charge in [0.05, 0.1) is 42.7 Å². The van der Waals surface area contributed by atoms with E-state index in [0.29, 0.717) is 30.7 Å². The summed E-state index contributed by atoms with van der Waals surface area (Å²) in [5.74, 6) is 0. The van der Waals surface area contributed by atoms with E-state index < -0.39 is 11.9 Å². The summed E-state index contributed by atoms with van der Waals surface area (Å²) in [6.45, 7) is 1.39. The molecule has 0 unspecified atom stereocenters. The first-order valence-electron chi connectivity index (χ1n) is 8.20. The summed E-state index contributed by atoms with van der Waals surface area (Å²) in [4.78, 5) is 8.90. The fraction of sp³-hybridized carbons (Fsp3) is 0.278. The number of ether oxygens (including phenoxy) is 1. The molecule has 4 heterocycles. The quantitative estimate of drug-likeness (QED) is 0.722. The number of nitrogens with one attached hydrogen (secondary N) is 1. The smallest absolute Gasteiger partial charge is 0.376 e. The van der Waals surface area contributed by atoms with Crippen molar-refractivity contribution < 1.29 is 17.9 Å². The average Bonchev–Trinajstić information content (AvgIpc) is 3.29. The highest BCUT2D eigenvalue weighted by Crippen LogP contribution is 2.40. The number of halogens is 3. The van der Waals surface area contributed by atoms with Crippen LogP contribution in [0.5, 0.6) is 0 Å². The Hall–Kier alpha value is -2.74. The molecule has 0 spiro atoms. The molecule has 0 radical (unpaired) electrons. The third kappa shape index (κ3) is 2.18. The molecular formula is C18H13F3N4O. The summed E-state index contributed by atoms with van der Waals surface area (Å²) in [6, 6.07) is 3.79. The number of aromatic amines is 1. The van der Waals surface area contributed by atoms with Gasteiger partial charge in [-0.3, -0.25) is 10.1 Å². The Morgan fingerprint density at radius 1 is 1.15 bits per heavy atom. The molecule has 0 bridgehead atoms. The third-order valence-electron chi connectivity index (χ3n) is 4.90. The number of rotatable bonds is 1. The molecule has 1 N–H and O–H groups in total. The zero-order chi connectivity index (χ0) is 17.9. The first kappa shape index (κ1) is 15.5. The Balaban J connectivity index is 1.85. The molecule has 1 aromatic carbocycles. The molecule has 0 saturated heterocycles. The highest BCUT2D eigenvalue weighted by Gasteiger charge is 2.37. The summed E-state index contributed by atoms with van der Waals surface area (Å²) < 4.78 is 45.6. The van der Waals surface area contributed by atoms with Crippen LogP contribution >= 0.6 is 0 Å². The second-order valence-electron chi connectivity index (χ2n) is 6.38. The molecule has 2 aromatic heterocycles. The van der Waals surface area contributed by atoms with E-state index >= 15 is 0 Å². The summed E-state index contributed by atoms with van der Waals surface area (Å²) >= 11 is 0. The summed E-state index contributed by atoms with van der Waals surface area (Å²) in [6.07, 6.45) is -0.894. The molecule has 8 heteroatoms. The molecule has 26 heavy (non-hydrogen) atoms. The second kappa shape index (κ2) is 5.38. The first-order chi connectivity index (χ1) is 12.5. The highest BCUT2D eigenvalue weighted by atomic mass is 19.4. The fourth-order valence-electron chi connectivity index (χ4n) is 3.75. The number of pyridine rings is 1. The van der Waals surface area contributed by atoms with Crippen LogP contribution in [0.25, 0.3) is 22.2 Å². The topological polar surface area (TPSA) is 63.2 Å². The van der Waals surface area contributed by atoms with Gasteiger partial charge in [-0.05, 0) is 23.6 Å². The molecule has 0 saturated carbocycles. The Morgan fingerprint density at radius 3 is 2.88 bits per heavy atom. The molecule has 2 aliphatic heterocycles. The number of alkyl halides is 3. The summed E-state index contributed by atoms with van der Waals surface area (Å²) in [7, 11) is 0. The van der Waals surface area contributed by atoms with Crippen LogP contribution in [0.3, 0.4) is 0 Å². The number of hydrogen-bond acceptors (Lipinski definition) is 4. The minimum atomic E-state index is -4.53. The van der Waals surface area contributed by atoms with Crippen molar-refractivity contribution in [2.24, 2.45) is 4.99 Å². The van der Waals surface area contributed by atoms with Gasteiger partial charge in [0.2, 0.25) is 0 Å². The van der Waals surface area contributed by atoms with Gasteiger partial charge in [-0.2, -0.15) is 18.3 Å². The van der Waals surface area contributed by atoms with Gasteiger partial charge < -0.3 is 4.74 Å². The Morgan fingerprint density at radius 2 is 2.04 bits per heavy atom. The van der Waals surface area contributed by atoms with Gasteiger partial charge >= 0.3 is 6.18 Å². The van der Waals surface area contributed by atoms with Crippen LogP contribution in [-0.4, -0.2) is 28.0 Å². The predicted octanol–water partition coefficient (Wildman–Crippen LogP) is 3.65. The Kier molecular flexibility index (Phi) is 3.21. The van der Waals surface area contributed by atoms with E-state index in [-0.39, 0.29) is 17.9 Å². The molecule has 0 atom stereocenters. The van der Waals surface area contributed by atoms with E-state index in [2.05, 4.69) is 20.2 Å². The van der Waals surface area contributed by atoms with Crippen molar-refractivity contribution in [3.63, 3.8) is 0 Å². The lowest BCUT2D eigenvalue weighted by Gasteiger charge is -2.23. The molecular weight excluding hydrogens is 345 g/mol. The number of benzene rings is 1. The number of hydrogen-bond donors (Lipinski definition) is 1. The number of nitrogens with zero attached hydrogens (tertiary/aromatic N) is 3. The van der Waals surface area contributed by atoms with Crippen LogP contribution in [0.15, 0.2) is 23.3 Å². The van der Waals surface area contributed by atoms with Crippen molar-refractivity contribution in [1.82, 2.24) is 15.2 Å². The van der Waals surface area contributed by atoms with E-state index in [0.717, 1.165) is 22.1 Å². The predicted molar refractivity (Wildman–Crippen MR) is 89.0 cm³/mol. The molecule has 5 rings (SSSR count). The number of aliphatic imine (C=N–C) groups is 1. The van der Waals surface area contributed by atoms with Crippen molar-refractivity contribution in [2.45, 2.75) is 25.7 Å². The summed E-state index contributed by atoms with van der Waals surface area (Å²) in [5, 5.41) is 6.64. The normalized spacial score (nSPS) is 16.1. The van der Waals surface area contributed by atoms with Gasteiger partial charge in [-0.25, -0.2) is 4.98 Å². The molecule has 5 nitrogen and oxygen atoms in total. The van der Waals surface area contributed by atoms with Crippen molar-refractivity contribution >= 4 is 17.1 Å². The van der Waals surface area contributed by atoms with Gasteiger partial charge in [-0.1, -0.05) is 6.07 Å². The van der Waals surface area contributed by atoms with Gasteiger partial charge in [0.1, 0.15) is 5.69 Å². The zero-order valence-electron chi connectivity index (χ0n) is 13.5. The Labute approximate surface area is 145 Å². The van der Waals surface area contributed by atoms with Crippen LogP contribution in [0.2, 0.25) is 0 Å². The van der Waals surface area contributed by atoms with E-state index in [1.54, 1.807) is 0 Å². The lowest BCUT2D eigenvalue weighted by Crippen LogP contribution is -2.15. The molecule has 0 fully saturated rings. The van der Waals surface area contributed by atoms with Gasteiger partial charge in [0.15, 0.2) is 0 Å². The minimum absolute atomic E-state index is 0.0460. The van der Waals surface area contributed by atoms with Crippen LogP contribution in [0.1, 0.15) is 27.9 Å². The van der Waals surface area contributed by atoms with E-state index in [1.165, 1.54) is 6.20 Å². The number of H-pyrrole nitrogens is 1. The van der Waals surface area contributed by atoms with Crippen LogP contribution < -0.4 is 0 Å². The number of fused-ring (bicyclic) bond motifs is 5. The molecule has 2 aliphatic rings. The average molecular weight is 358 g/mol. The van der Waals surface area contributed by atoms with Crippen LogP contribution in [0, 0.1) is 0 Å². The second-order valence-corrected chi connectivity index (χ2v) is 6.38. The molecule has 0 aliphatic carbocycles. The monoisotopic (exact) mass is 358 g/mol. The molecule has 0 amide bonds. The largest absolute Gasteiger partial charge is 0.433 e. The van der Waals surface area contributed by atoms with Crippen molar-refractivity contribution in [3.8, 4) is 11.3 Å². The van der Waals surface area contributed by atoms with Gasteiger partial charge in [0.25, 0.3) is 0 Å². The van der Waals surface area contributed by atoms with Crippen molar-refractivity contribution in [2.75, 3.05) is 6.61 Å². The standard InChI is InChI=1S/C18H13F3N4O/c19-18(20,21)17-12(7-23-25-17)16-13-8-26-4-3-10(13)15-11-6-22-5-9(11)1-2-14(15)24-16/h1-2,6-7H,3-5,8H2,(H,23,25). The lowest BCUT2D eigenvalue weighted by molar-refractivity contribution is -0.140. The molecule has 132 valence electrons. The maximum atomic E-state index is 13.3. The van der Waals surface area contributed by atoms with Crippen molar-refractivity contribution in [3.05, 3.63) is 46.3 Å². The highest BCUT2D eigenvalue weighted by molar-refractivity contribution is 6.04.